The molecular weight excluding hydrogens is 421 g/mol. The molecule has 5 rings (SSSR count). The first-order valence-corrected chi connectivity index (χ1v) is 11.0. The lowest BCUT2D eigenvalue weighted by molar-refractivity contribution is 0.0996. The highest BCUT2D eigenvalue weighted by Crippen LogP contribution is 2.40. The Labute approximate surface area is 191 Å². The van der Waals surface area contributed by atoms with E-state index in [4.69, 9.17) is 14.1 Å². The van der Waals surface area contributed by atoms with Gasteiger partial charge in [-0.25, -0.2) is 9.37 Å². The molecular formula is C26H24FN3O3. The van der Waals surface area contributed by atoms with Gasteiger partial charge in [-0.15, -0.1) is 0 Å². The number of nitrogens with zero attached hydrogens (tertiary/aromatic N) is 2. The van der Waals surface area contributed by atoms with Crippen molar-refractivity contribution in [2.45, 2.75) is 31.7 Å². The summed E-state index contributed by atoms with van der Waals surface area (Å²) in [5, 5.41) is 2.89. The highest BCUT2D eigenvalue weighted by Gasteiger charge is 2.24. The van der Waals surface area contributed by atoms with Crippen molar-refractivity contribution in [3.63, 3.8) is 0 Å². The maximum atomic E-state index is 13.6. The van der Waals surface area contributed by atoms with E-state index in [1.165, 1.54) is 31.2 Å². The summed E-state index contributed by atoms with van der Waals surface area (Å²) in [4.78, 5) is 17.3. The van der Waals surface area contributed by atoms with Crippen LogP contribution >= 0.6 is 0 Å². The third kappa shape index (κ3) is 4.26. The van der Waals surface area contributed by atoms with Crippen molar-refractivity contribution in [1.29, 1.82) is 0 Å². The van der Waals surface area contributed by atoms with Crippen LogP contribution in [0.25, 0.3) is 22.5 Å². The van der Waals surface area contributed by atoms with Crippen LogP contribution in [0.2, 0.25) is 0 Å². The summed E-state index contributed by atoms with van der Waals surface area (Å²) in [6.45, 7) is 0. The first-order valence-electron chi connectivity index (χ1n) is 11.0. The van der Waals surface area contributed by atoms with Crippen molar-refractivity contribution < 1.29 is 18.3 Å². The second kappa shape index (κ2) is 8.94. The lowest BCUT2D eigenvalue weighted by Gasteiger charge is -2.18. The Morgan fingerprint density at radius 1 is 1.12 bits per heavy atom. The number of aromatic nitrogens is 2. The third-order valence-corrected chi connectivity index (χ3v) is 6.05. The summed E-state index contributed by atoms with van der Waals surface area (Å²) in [6, 6.07) is 15.6. The molecule has 1 fully saturated rings. The Hall–Kier alpha value is -3.87. The molecule has 2 aromatic heterocycles. The fraction of sp³-hybridized carbons (Fsp3) is 0.231. The molecule has 1 N–H and O–H groups in total. The average Bonchev–Trinajstić information content (AvgIpc) is 3.60. The van der Waals surface area contributed by atoms with Gasteiger partial charge >= 0.3 is 0 Å². The molecule has 2 aromatic carbocycles. The van der Waals surface area contributed by atoms with Gasteiger partial charge in [-0.1, -0.05) is 12.8 Å². The highest BCUT2D eigenvalue weighted by atomic mass is 19.1. The van der Waals surface area contributed by atoms with Crippen LogP contribution in [0.3, 0.4) is 0 Å². The number of hydrogen-bond donors (Lipinski definition) is 1. The van der Waals surface area contributed by atoms with Crippen molar-refractivity contribution in [2.75, 3.05) is 12.4 Å². The summed E-state index contributed by atoms with van der Waals surface area (Å²) in [6.07, 6.45) is 7.84. The summed E-state index contributed by atoms with van der Waals surface area (Å²) >= 11 is 0. The standard InChI is InChI=1S/C26H24FN3O3/c1-32-22-14-18(13-20(15-22)29-26(31)23-7-4-12-33-23)25-24(17-8-10-19(27)11-9-17)28-16-30(25)21-5-2-3-6-21/h4,7-16,21H,2-3,5-6H2,1H3,(H,29,31). The minimum Gasteiger partial charge on any atom is -0.497 e. The van der Waals surface area contributed by atoms with E-state index in [0.717, 1.165) is 35.4 Å². The topological polar surface area (TPSA) is 69.3 Å². The van der Waals surface area contributed by atoms with Gasteiger partial charge < -0.3 is 19.0 Å². The quantitative estimate of drug-likeness (QED) is 0.377. The minimum atomic E-state index is -0.345. The highest BCUT2D eigenvalue weighted by molar-refractivity contribution is 6.02. The molecule has 0 spiro atoms. The first-order chi connectivity index (χ1) is 16.1. The molecule has 6 nitrogen and oxygen atoms in total. The van der Waals surface area contributed by atoms with Crippen molar-refractivity contribution in [3.8, 4) is 28.3 Å². The number of nitrogens with one attached hydrogen (secondary N) is 1. The van der Waals surface area contributed by atoms with Gasteiger partial charge in [0.2, 0.25) is 0 Å². The van der Waals surface area contributed by atoms with Crippen molar-refractivity contribution in [1.82, 2.24) is 9.55 Å². The number of anilines is 1. The average molecular weight is 445 g/mol. The number of halogens is 1. The number of methoxy groups -OCH3 is 1. The van der Waals surface area contributed by atoms with Crippen molar-refractivity contribution in [3.05, 3.63) is 78.8 Å². The van der Waals surface area contributed by atoms with Gasteiger partial charge in [-0.3, -0.25) is 4.79 Å². The number of hydrogen-bond acceptors (Lipinski definition) is 4. The fourth-order valence-electron chi connectivity index (χ4n) is 4.45. The van der Waals surface area contributed by atoms with Crippen LogP contribution in [-0.2, 0) is 0 Å². The molecule has 0 unspecified atom stereocenters. The zero-order valence-corrected chi connectivity index (χ0v) is 18.3. The zero-order chi connectivity index (χ0) is 22.8. The molecule has 0 atom stereocenters. The summed E-state index contributed by atoms with van der Waals surface area (Å²) in [5.41, 5.74) is 3.94. The van der Waals surface area contributed by atoms with Gasteiger partial charge in [-0.05, 0) is 61.4 Å². The Morgan fingerprint density at radius 2 is 1.91 bits per heavy atom. The SMILES string of the molecule is COc1cc(NC(=O)c2ccco2)cc(-c2c(-c3ccc(F)cc3)ncn2C2CCCC2)c1. The van der Waals surface area contributed by atoms with E-state index in [0.29, 0.717) is 17.5 Å². The predicted molar refractivity (Wildman–Crippen MR) is 124 cm³/mol. The molecule has 4 aromatic rings. The first kappa shape index (κ1) is 21.0. The lowest BCUT2D eigenvalue weighted by Crippen LogP contribution is -2.11. The van der Waals surface area contributed by atoms with E-state index in [9.17, 15) is 9.18 Å². The van der Waals surface area contributed by atoms with Crippen LogP contribution in [-0.4, -0.2) is 22.6 Å². The van der Waals surface area contributed by atoms with Gasteiger partial charge in [0.05, 0.1) is 31.1 Å². The Bertz CT molecular complexity index is 1260. The van der Waals surface area contributed by atoms with E-state index in [2.05, 4.69) is 9.88 Å². The minimum absolute atomic E-state index is 0.224. The van der Waals surface area contributed by atoms with Crippen LogP contribution in [0, 0.1) is 5.82 Å². The number of benzene rings is 2. The molecule has 0 bridgehead atoms. The molecule has 0 radical (unpaired) electrons. The fourth-order valence-corrected chi connectivity index (χ4v) is 4.45. The number of amides is 1. The number of carbonyl (C=O) groups is 1. The number of ether oxygens (including phenoxy) is 1. The van der Waals surface area contributed by atoms with Gasteiger partial charge in [0, 0.05) is 28.9 Å². The number of carbonyl (C=O) groups excluding carboxylic acids is 1. The second-order valence-corrected chi connectivity index (χ2v) is 8.18. The van der Waals surface area contributed by atoms with E-state index in [1.54, 1.807) is 37.4 Å². The lowest BCUT2D eigenvalue weighted by atomic mass is 10.0. The molecule has 2 heterocycles. The maximum absolute atomic E-state index is 13.6. The van der Waals surface area contributed by atoms with Crippen molar-refractivity contribution in [2.24, 2.45) is 0 Å². The van der Waals surface area contributed by atoms with E-state index in [1.807, 2.05) is 18.5 Å². The maximum Gasteiger partial charge on any atom is 0.291 e. The second-order valence-electron chi connectivity index (χ2n) is 8.18. The number of furan rings is 1. The van der Waals surface area contributed by atoms with E-state index < -0.39 is 0 Å². The van der Waals surface area contributed by atoms with Crippen LogP contribution in [0.5, 0.6) is 5.75 Å². The van der Waals surface area contributed by atoms with Crippen LogP contribution in [0.4, 0.5) is 10.1 Å². The van der Waals surface area contributed by atoms with Crippen LogP contribution in [0.1, 0.15) is 42.3 Å². The monoisotopic (exact) mass is 445 g/mol. The van der Waals surface area contributed by atoms with E-state index >= 15 is 0 Å². The molecule has 168 valence electrons. The Balaban J connectivity index is 1.61. The largest absolute Gasteiger partial charge is 0.497 e. The van der Waals surface area contributed by atoms with Crippen LogP contribution < -0.4 is 10.1 Å². The summed E-state index contributed by atoms with van der Waals surface area (Å²) < 4.78 is 26.5. The van der Waals surface area contributed by atoms with Gasteiger partial charge in [0.1, 0.15) is 11.6 Å². The molecule has 0 aliphatic heterocycles. The molecule has 7 heteroatoms. The normalized spacial score (nSPS) is 13.9. The Kier molecular flexibility index (Phi) is 5.69. The molecule has 1 saturated carbocycles. The van der Waals surface area contributed by atoms with Crippen LogP contribution in [0.15, 0.2) is 71.6 Å². The Morgan fingerprint density at radius 3 is 2.61 bits per heavy atom. The molecule has 1 aliphatic carbocycles. The zero-order valence-electron chi connectivity index (χ0n) is 18.3. The van der Waals surface area contributed by atoms with Gasteiger partial charge in [0.15, 0.2) is 5.76 Å². The van der Waals surface area contributed by atoms with E-state index in [-0.39, 0.29) is 17.5 Å². The molecule has 1 aliphatic rings. The summed E-state index contributed by atoms with van der Waals surface area (Å²) in [7, 11) is 1.59. The smallest absolute Gasteiger partial charge is 0.291 e. The molecule has 0 saturated heterocycles. The summed E-state index contributed by atoms with van der Waals surface area (Å²) in [5.74, 6) is 0.191. The predicted octanol–water partition coefficient (Wildman–Crippen LogP) is 6.33. The van der Waals surface area contributed by atoms with Crippen molar-refractivity contribution >= 4 is 11.6 Å². The molecule has 33 heavy (non-hydrogen) atoms. The third-order valence-electron chi connectivity index (χ3n) is 6.05. The number of imidazole rings is 1. The number of rotatable bonds is 6. The van der Waals surface area contributed by atoms with Gasteiger partial charge in [-0.2, -0.15) is 0 Å². The molecule has 1 amide bonds. The van der Waals surface area contributed by atoms with Gasteiger partial charge in [0.25, 0.3) is 5.91 Å².